The van der Waals surface area contributed by atoms with Crippen LogP contribution in [0, 0.1) is 0 Å². The number of amides is 1. The number of nitrogens with one attached hydrogen (secondary N) is 2. The van der Waals surface area contributed by atoms with E-state index >= 15 is 0 Å². The van der Waals surface area contributed by atoms with E-state index in [2.05, 4.69) is 12.2 Å². The van der Waals surface area contributed by atoms with Crippen LogP contribution in [0.5, 0.6) is 0 Å². The van der Waals surface area contributed by atoms with Crippen molar-refractivity contribution in [2.24, 2.45) is 0 Å². The van der Waals surface area contributed by atoms with Crippen LogP contribution in [0.15, 0.2) is 70.6 Å². The number of carbonyl (C=O) groups is 1. The summed E-state index contributed by atoms with van der Waals surface area (Å²) in [6.45, 7) is 5.26. The van der Waals surface area contributed by atoms with Gasteiger partial charge in [0.2, 0.25) is 5.91 Å². The Morgan fingerprint density at radius 1 is 1.15 bits per heavy atom. The number of carbonyl (C=O) groups excluding carboxylic acids is 1. The number of nitrogens with zero attached hydrogens (tertiary/aromatic N) is 2. The molecule has 33 heavy (non-hydrogen) atoms. The quantitative estimate of drug-likeness (QED) is 0.331. The molecule has 1 aliphatic rings. The summed E-state index contributed by atoms with van der Waals surface area (Å²) in [5.41, 5.74) is 2.63. The van der Waals surface area contributed by atoms with Gasteiger partial charge in [0.25, 0.3) is 5.56 Å². The Hall–Kier alpha value is -2.94. The van der Waals surface area contributed by atoms with Gasteiger partial charge < -0.3 is 10.2 Å². The molecule has 3 heterocycles. The number of thioether (sulfide) groups is 1. The average molecular weight is 478 g/mol. The predicted octanol–water partition coefficient (Wildman–Crippen LogP) is 3.14. The number of quaternary nitrogens is 1. The molecule has 0 saturated heterocycles. The first-order valence-corrected chi connectivity index (χ1v) is 12.9. The molecule has 1 unspecified atom stereocenters. The lowest BCUT2D eigenvalue weighted by molar-refractivity contribution is -0.913. The van der Waals surface area contributed by atoms with Crippen LogP contribution in [0.4, 0.5) is 5.69 Å². The van der Waals surface area contributed by atoms with Crippen LogP contribution in [0.2, 0.25) is 0 Å². The third-order valence-corrected chi connectivity index (χ3v) is 7.99. The Morgan fingerprint density at radius 2 is 1.88 bits per heavy atom. The molecule has 2 aromatic heterocycles. The normalized spacial score (nSPS) is 15.4. The van der Waals surface area contributed by atoms with Crippen LogP contribution in [-0.2, 0) is 17.8 Å². The second-order valence-electron chi connectivity index (χ2n) is 8.04. The minimum Gasteiger partial charge on any atom is -0.330 e. The van der Waals surface area contributed by atoms with E-state index in [0.29, 0.717) is 5.16 Å². The molecular formula is C25H25N4O2S2+. The van der Waals surface area contributed by atoms with Gasteiger partial charge in [-0.3, -0.25) is 14.2 Å². The van der Waals surface area contributed by atoms with E-state index in [1.807, 2.05) is 60.7 Å². The average Bonchev–Trinajstić information content (AvgIpc) is 3.21. The largest absolute Gasteiger partial charge is 0.330 e. The maximum atomic E-state index is 13.8. The molecule has 1 aliphatic heterocycles. The molecule has 2 N–H and O–H groups in total. The number of fused-ring (bicyclic) bond motifs is 3. The first-order chi connectivity index (χ1) is 16.1. The SMILES string of the molecule is CC[NH+]1CCc2c(sc3nc(SCC(=O)Nc4ccccc4)n(-c4ccccc4)c(=O)c23)C1. The van der Waals surface area contributed by atoms with Gasteiger partial charge in [0.15, 0.2) is 5.16 Å². The van der Waals surface area contributed by atoms with Crippen molar-refractivity contribution in [1.29, 1.82) is 0 Å². The third kappa shape index (κ3) is 4.46. The highest BCUT2D eigenvalue weighted by Gasteiger charge is 2.27. The van der Waals surface area contributed by atoms with Crippen molar-refractivity contribution in [2.45, 2.75) is 25.0 Å². The maximum absolute atomic E-state index is 13.8. The van der Waals surface area contributed by atoms with E-state index in [9.17, 15) is 9.59 Å². The van der Waals surface area contributed by atoms with Crippen LogP contribution >= 0.6 is 23.1 Å². The molecule has 0 radical (unpaired) electrons. The molecule has 5 rings (SSSR count). The fourth-order valence-corrected chi connectivity index (χ4v) is 6.35. The van der Waals surface area contributed by atoms with E-state index in [-0.39, 0.29) is 17.2 Å². The summed E-state index contributed by atoms with van der Waals surface area (Å²) in [6.07, 6.45) is 0.899. The van der Waals surface area contributed by atoms with Crippen LogP contribution in [0.1, 0.15) is 17.4 Å². The van der Waals surface area contributed by atoms with Gasteiger partial charge in [-0.05, 0) is 36.8 Å². The van der Waals surface area contributed by atoms with E-state index in [0.717, 1.165) is 53.2 Å². The van der Waals surface area contributed by atoms with Gasteiger partial charge in [-0.2, -0.15) is 0 Å². The van der Waals surface area contributed by atoms with E-state index < -0.39 is 0 Å². The number of hydrogen-bond acceptors (Lipinski definition) is 5. The second kappa shape index (κ2) is 9.51. The summed E-state index contributed by atoms with van der Waals surface area (Å²) in [6, 6.07) is 18.9. The minimum atomic E-state index is -0.132. The highest BCUT2D eigenvalue weighted by Crippen LogP contribution is 2.31. The zero-order chi connectivity index (χ0) is 22.8. The van der Waals surface area contributed by atoms with Crippen molar-refractivity contribution >= 4 is 44.9 Å². The number of benzene rings is 2. The number of para-hydroxylation sites is 2. The van der Waals surface area contributed by atoms with Crippen molar-refractivity contribution in [3.63, 3.8) is 0 Å². The zero-order valence-electron chi connectivity index (χ0n) is 18.3. The molecule has 168 valence electrons. The highest BCUT2D eigenvalue weighted by atomic mass is 32.2. The van der Waals surface area contributed by atoms with Gasteiger partial charge in [-0.25, -0.2) is 4.98 Å². The summed E-state index contributed by atoms with van der Waals surface area (Å²) in [5, 5.41) is 4.18. The monoisotopic (exact) mass is 477 g/mol. The Balaban J connectivity index is 1.53. The predicted molar refractivity (Wildman–Crippen MR) is 135 cm³/mol. The molecule has 1 atom stereocenters. The van der Waals surface area contributed by atoms with Crippen LogP contribution in [0.25, 0.3) is 15.9 Å². The van der Waals surface area contributed by atoms with Crippen LogP contribution in [0.3, 0.4) is 0 Å². The fraction of sp³-hybridized carbons (Fsp3) is 0.240. The van der Waals surface area contributed by atoms with Gasteiger partial charge in [0.1, 0.15) is 11.4 Å². The Bertz CT molecular complexity index is 1350. The molecule has 2 aromatic carbocycles. The minimum absolute atomic E-state index is 0.0467. The molecular weight excluding hydrogens is 452 g/mol. The molecule has 0 aliphatic carbocycles. The summed E-state index contributed by atoms with van der Waals surface area (Å²) in [5.74, 6) is 0.0336. The van der Waals surface area contributed by atoms with Crippen molar-refractivity contribution < 1.29 is 9.69 Å². The van der Waals surface area contributed by atoms with Gasteiger partial charge in [0.05, 0.1) is 34.8 Å². The summed E-state index contributed by atoms with van der Waals surface area (Å²) in [4.78, 5) is 34.8. The van der Waals surface area contributed by atoms with Crippen molar-refractivity contribution in [2.75, 3.05) is 24.2 Å². The number of hydrogen-bond donors (Lipinski definition) is 2. The third-order valence-electron chi connectivity index (χ3n) is 5.92. The number of aromatic nitrogens is 2. The first kappa shape index (κ1) is 21.9. The summed E-state index contributed by atoms with van der Waals surface area (Å²) >= 11 is 2.92. The first-order valence-electron chi connectivity index (χ1n) is 11.1. The molecule has 4 aromatic rings. The lowest BCUT2D eigenvalue weighted by Crippen LogP contribution is -3.11. The Labute approximate surface area is 200 Å². The lowest BCUT2D eigenvalue weighted by atomic mass is 10.1. The highest BCUT2D eigenvalue weighted by molar-refractivity contribution is 7.99. The van der Waals surface area contributed by atoms with Crippen molar-refractivity contribution in [3.8, 4) is 5.69 Å². The maximum Gasteiger partial charge on any atom is 0.267 e. The Morgan fingerprint density at radius 3 is 2.61 bits per heavy atom. The number of rotatable bonds is 6. The van der Waals surface area contributed by atoms with Crippen molar-refractivity contribution in [1.82, 2.24) is 9.55 Å². The van der Waals surface area contributed by atoms with Crippen LogP contribution < -0.4 is 15.8 Å². The van der Waals surface area contributed by atoms with Gasteiger partial charge in [0, 0.05) is 12.1 Å². The number of thiophene rings is 1. The summed E-state index contributed by atoms with van der Waals surface area (Å²) < 4.78 is 1.66. The van der Waals surface area contributed by atoms with E-state index in [4.69, 9.17) is 4.98 Å². The molecule has 0 saturated carbocycles. The topological polar surface area (TPSA) is 68.4 Å². The lowest BCUT2D eigenvalue weighted by Gasteiger charge is -2.22. The number of likely N-dealkylation sites (N-methyl/N-ethyl adjacent to an activating group) is 1. The second-order valence-corrected chi connectivity index (χ2v) is 10.1. The molecule has 0 bridgehead atoms. The Kier molecular flexibility index (Phi) is 6.30. The van der Waals surface area contributed by atoms with Crippen LogP contribution in [-0.4, -0.2) is 34.3 Å². The molecule has 6 nitrogen and oxygen atoms in total. The van der Waals surface area contributed by atoms with Gasteiger partial charge in [-0.15, -0.1) is 11.3 Å². The van der Waals surface area contributed by atoms with Gasteiger partial charge >= 0.3 is 0 Å². The fourth-order valence-electron chi connectivity index (χ4n) is 4.21. The summed E-state index contributed by atoms with van der Waals surface area (Å²) in [7, 11) is 0. The molecule has 1 amide bonds. The van der Waals surface area contributed by atoms with E-state index in [1.165, 1.54) is 21.5 Å². The zero-order valence-corrected chi connectivity index (χ0v) is 20.0. The molecule has 0 spiro atoms. The molecule has 8 heteroatoms. The van der Waals surface area contributed by atoms with E-state index in [1.54, 1.807) is 15.9 Å². The standard InChI is InChI=1S/C25H24N4O2S2/c1-2-28-14-13-19-20(15-28)33-23-22(19)24(31)29(18-11-7-4-8-12-18)25(27-23)32-16-21(30)26-17-9-5-3-6-10-17/h3-12H,2,13-16H2,1H3,(H,26,30)/p+1. The van der Waals surface area contributed by atoms with Gasteiger partial charge in [-0.1, -0.05) is 48.2 Å². The van der Waals surface area contributed by atoms with Crippen molar-refractivity contribution in [3.05, 3.63) is 81.5 Å². The molecule has 0 fully saturated rings. The number of anilines is 1. The smallest absolute Gasteiger partial charge is 0.267 e.